The van der Waals surface area contributed by atoms with Crippen molar-refractivity contribution in [1.82, 2.24) is 10.2 Å². The number of aryl methyl sites for hydroxylation is 1. The van der Waals surface area contributed by atoms with Crippen molar-refractivity contribution in [2.24, 2.45) is 11.1 Å². The SMILES string of the molecule is Cc1ccccc1CN1CCC(NC(=O)C2(CN)CCOCC2)CC1.Cl.Cl. The Kier molecular flexibility index (Phi) is 10.1. The molecule has 2 fully saturated rings. The fourth-order valence-electron chi connectivity index (χ4n) is 3.89. The first-order valence-electron chi connectivity index (χ1n) is 9.49. The normalized spacial score (nSPS) is 20.2. The van der Waals surface area contributed by atoms with Crippen molar-refractivity contribution in [1.29, 1.82) is 0 Å². The van der Waals surface area contributed by atoms with E-state index in [9.17, 15) is 4.79 Å². The van der Waals surface area contributed by atoms with E-state index in [2.05, 4.69) is 41.4 Å². The van der Waals surface area contributed by atoms with Gasteiger partial charge in [0.1, 0.15) is 0 Å². The number of nitrogens with zero attached hydrogens (tertiary/aromatic N) is 1. The molecular weight excluding hydrogens is 385 g/mol. The first kappa shape index (κ1) is 24.2. The highest BCUT2D eigenvalue weighted by atomic mass is 35.5. The van der Waals surface area contributed by atoms with Gasteiger partial charge in [0.05, 0.1) is 5.41 Å². The maximum atomic E-state index is 12.8. The molecule has 1 amide bonds. The molecule has 2 heterocycles. The molecule has 5 nitrogen and oxygen atoms in total. The van der Waals surface area contributed by atoms with Gasteiger partial charge in [-0.2, -0.15) is 0 Å². The van der Waals surface area contributed by atoms with Crippen molar-refractivity contribution >= 4 is 30.7 Å². The molecule has 1 aromatic carbocycles. The molecule has 0 atom stereocenters. The molecule has 0 unspecified atom stereocenters. The summed E-state index contributed by atoms with van der Waals surface area (Å²) in [7, 11) is 0. The third kappa shape index (κ3) is 6.06. The molecule has 1 aromatic rings. The number of carbonyl (C=O) groups excluding carboxylic acids is 1. The molecule has 7 heteroatoms. The lowest BCUT2D eigenvalue weighted by Gasteiger charge is -2.38. The van der Waals surface area contributed by atoms with E-state index in [1.54, 1.807) is 0 Å². The minimum absolute atomic E-state index is 0. The number of amides is 1. The number of carbonyl (C=O) groups is 1. The Morgan fingerprint density at radius 3 is 2.44 bits per heavy atom. The van der Waals surface area contributed by atoms with Gasteiger partial charge in [0.2, 0.25) is 5.91 Å². The summed E-state index contributed by atoms with van der Waals surface area (Å²) in [6.07, 6.45) is 3.49. The van der Waals surface area contributed by atoms with Gasteiger partial charge in [-0.25, -0.2) is 0 Å². The molecule has 27 heavy (non-hydrogen) atoms. The Balaban J connectivity index is 0.00000182. The zero-order valence-corrected chi connectivity index (χ0v) is 17.7. The summed E-state index contributed by atoms with van der Waals surface area (Å²) in [5.74, 6) is 0.135. The smallest absolute Gasteiger partial charge is 0.227 e. The lowest BCUT2D eigenvalue weighted by atomic mass is 9.79. The molecule has 0 bridgehead atoms. The van der Waals surface area contributed by atoms with Crippen molar-refractivity contribution in [2.75, 3.05) is 32.8 Å². The van der Waals surface area contributed by atoms with Crippen LogP contribution in [0.3, 0.4) is 0 Å². The minimum Gasteiger partial charge on any atom is -0.381 e. The molecule has 2 aliphatic heterocycles. The van der Waals surface area contributed by atoms with Gasteiger partial charge in [-0.1, -0.05) is 24.3 Å². The Morgan fingerprint density at radius 1 is 1.22 bits per heavy atom. The Hall–Kier alpha value is -0.850. The van der Waals surface area contributed by atoms with Gasteiger partial charge in [-0.3, -0.25) is 9.69 Å². The highest BCUT2D eigenvalue weighted by Crippen LogP contribution is 2.30. The first-order valence-corrected chi connectivity index (χ1v) is 9.49. The van der Waals surface area contributed by atoms with Crippen LogP contribution in [0.15, 0.2) is 24.3 Å². The van der Waals surface area contributed by atoms with Gasteiger partial charge < -0.3 is 15.8 Å². The lowest BCUT2D eigenvalue weighted by molar-refractivity contribution is -0.137. The van der Waals surface area contributed by atoms with Crippen LogP contribution in [0.1, 0.15) is 36.8 Å². The van der Waals surface area contributed by atoms with Crippen LogP contribution in [-0.2, 0) is 16.1 Å². The van der Waals surface area contributed by atoms with Gasteiger partial charge in [0.15, 0.2) is 0 Å². The van der Waals surface area contributed by atoms with Crippen molar-refractivity contribution in [3.8, 4) is 0 Å². The zero-order chi connectivity index (χ0) is 17.7. The van der Waals surface area contributed by atoms with Gasteiger partial charge >= 0.3 is 0 Å². The number of nitrogens with two attached hydrogens (primary N) is 1. The van der Waals surface area contributed by atoms with Gasteiger partial charge in [0, 0.05) is 45.4 Å². The summed E-state index contributed by atoms with van der Waals surface area (Å²) in [4.78, 5) is 15.3. The van der Waals surface area contributed by atoms with Crippen LogP contribution in [0.2, 0.25) is 0 Å². The van der Waals surface area contributed by atoms with Crippen LogP contribution in [-0.4, -0.2) is 49.7 Å². The Labute approximate surface area is 175 Å². The molecule has 154 valence electrons. The fourth-order valence-corrected chi connectivity index (χ4v) is 3.89. The maximum absolute atomic E-state index is 12.8. The molecule has 0 saturated carbocycles. The van der Waals surface area contributed by atoms with E-state index >= 15 is 0 Å². The summed E-state index contributed by atoms with van der Waals surface area (Å²) in [6, 6.07) is 8.84. The number of ether oxygens (including phenoxy) is 1. The minimum atomic E-state index is -0.420. The summed E-state index contributed by atoms with van der Waals surface area (Å²) >= 11 is 0. The third-order valence-electron chi connectivity index (χ3n) is 5.90. The molecule has 0 aromatic heterocycles. The molecule has 3 N–H and O–H groups in total. The standard InChI is InChI=1S/C20H31N3O2.2ClH/c1-16-4-2-3-5-17(16)14-23-10-6-18(7-11-23)22-19(24)20(15-21)8-12-25-13-9-20;;/h2-5,18H,6-15,21H2,1H3,(H,22,24);2*1H. The largest absolute Gasteiger partial charge is 0.381 e. The second-order valence-electron chi connectivity index (χ2n) is 7.55. The number of piperidine rings is 1. The molecule has 0 radical (unpaired) electrons. The summed E-state index contributed by atoms with van der Waals surface area (Å²) in [5, 5.41) is 3.27. The van der Waals surface area contributed by atoms with Crippen LogP contribution < -0.4 is 11.1 Å². The maximum Gasteiger partial charge on any atom is 0.227 e. The van der Waals surface area contributed by atoms with Crippen LogP contribution >= 0.6 is 24.8 Å². The van der Waals surface area contributed by atoms with Gasteiger partial charge in [0.25, 0.3) is 0 Å². The number of benzene rings is 1. The Morgan fingerprint density at radius 2 is 1.85 bits per heavy atom. The quantitative estimate of drug-likeness (QED) is 0.772. The van der Waals surface area contributed by atoms with Gasteiger partial charge in [-0.05, 0) is 43.7 Å². The van der Waals surface area contributed by atoms with E-state index in [1.165, 1.54) is 11.1 Å². The van der Waals surface area contributed by atoms with E-state index in [0.29, 0.717) is 19.8 Å². The number of likely N-dealkylation sites (tertiary alicyclic amines) is 1. The summed E-state index contributed by atoms with van der Waals surface area (Å²) in [5.41, 5.74) is 8.27. The monoisotopic (exact) mass is 417 g/mol. The van der Waals surface area contributed by atoms with Crippen LogP contribution in [0.25, 0.3) is 0 Å². The highest BCUT2D eigenvalue weighted by Gasteiger charge is 2.39. The van der Waals surface area contributed by atoms with Crippen molar-refractivity contribution < 1.29 is 9.53 Å². The van der Waals surface area contributed by atoms with E-state index < -0.39 is 5.41 Å². The van der Waals surface area contributed by atoms with Gasteiger partial charge in [-0.15, -0.1) is 24.8 Å². The fraction of sp³-hybridized carbons (Fsp3) is 0.650. The average Bonchev–Trinajstić information content (AvgIpc) is 2.65. The summed E-state index contributed by atoms with van der Waals surface area (Å²) in [6.45, 7) is 6.91. The Bertz CT molecular complexity index is 586. The molecule has 0 spiro atoms. The van der Waals surface area contributed by atoms with Crippen molar-refractivity contribution in [3.05, 3.63) is 35.4 Å². The first-order chi connectivity index (χ1) is 12.1. The van der Waals surface area contributed by atoms with Crippen LogP contribution in [0.5, 0.6) is 0 Å². The van der Waals surface area contributed by atoms with Crippen LogP contribution in [0, 0.1) is 12.3 Å². The number of hydrogen-bond donors (Lipinski definition) is 2. The van der Waals surface area contributed by atoms with E-state index in [4.69, 9.17) is 10.5 Å². The molecule has 2 saturated heterocycles. The zero-order valence-electron chi connectivity index (χ0n) is 16.1. The topological polar surface area (TPSA) is 67.6 Å². The van der Waals surface area contributed by atoms with Crippen molar-refractivity contribution in [3.63, 3.8) is 0 Å². The number of halogens is 2. The summed E-state index contributed by atoms with van der Waals surface area (Å²) < 4.78 is 5.40. The average molecular weight is 418 g/mol. The van der Waals surface area contributed by atoms with Crippen LogP contribution in [0.4, 0.5) is 0 Å². The van der Waals surface area contributed by atoms with Crippen molar-refractivity contribution in [2.45, 2.75) is 45.2 Å². The third-order valence-corrected chi connectivity index (χ3v) is 5.90. The molecule has 0 aliphatic carbocycles. The van der Waals surface area contributed by atoms with E-state index in [0.717, 1.165) is 45.3 Å². The predicted molar refractivity (Wildman–Crippen MR) is 114 cm³/mol. The van der Waals surface area contributed by atoms with E-state index in [-0.39, 0.29) is 36.8 Å². The number of nitrogens with one attached hydrogen (secondary N) is 1. The number of rotatable bonds is 5. The second-order valence-corrected chi connectivity index (χ2v) is 7.55. The molecule has 2 aliphatic rings. The lowest BCUT2D eigenvalue weighted by Crippen LogP contribution is -2.53. The molecular formula is C20H33Cl2N3O2. The predicted octanol–water partition coefficient (Wildman–Crippen LogP) is 2.67. The second kappa shape index (κ2) is 11.2. The molecule has 3 rings (SSSR count). The number of hydrogen-bond acceptors (Lipinski definition) is 4. The highest BCUT2D eigenvalue weighted by molar-refractivity contribution is 5.85. The van der Waals surface area contributed by atoms with E-state index in [1.807, 2.05) is 0 Å².